The Bertz CT molecular complexity index is 679. The Morgan fingerprint density at radius 2 is 1.74 bits per heavy atom. The molecule has 0 amide bonds. The van der Waals surface area contributed by atoms with E-state index in [-0.39, 0.29) is 0 Å². The summed E-state index contributed by atoms with van der Waals surface area (Å²) in [5.41, 5.74) is 6.45. The molecule has 5 rings (SSSR count). The maximum atomic E-state index is 5.01. The van der Waals surface area contributed by atoms with Crippen LogP contribution in [0.25, 0.3) is 0 Å². The maximum Gasteiger partial charge on any atom is 0.0659 e. The first-order chi connectivity index (χ1) is 11.3. The number of hydrogen-bond acceptors (Lipinski definition) is 4. The molecule has 0 aliphatic carbocycles. The number of rotatable bonds is 0. The lowest BCUT2D eigenvalue weighted by molar-refractivity contribution is 0.473. The fourth-order valence-corrected chi connectivity index (χ4v) is 4.50. The van der Waals surface area contributed by atoms with Crippen molar-refractivity contribution < 1.29 is 0 Å². The minimum Gasteiger partial charge on any atom is -0.362 e. The van der Waals surface area contributed by atoms with E-state index in [0.29, 0.717) is 18.1 Å². The van der Waals surface area contributed by atoms with Crippen LogP contribution in [0.1, 0.15) is 51.4 Å². The number of fused-ring (bicyclic) bond motifs is 7. The summed E-state index contributed by atoms with van der Waals surface area (Å²) in [5, 5.41) is 7.39. The molecule has 5 aliphatic heterocycles. The second kappa shape index (κ2) is 5.45. The van der Waals surface area contributed by atoms with Gasteiger partial charge in [0.05, 0.1) is 6.04 Å². The monoisotopic (exact) mass is 308 g/mol. The number of aliphatic imine (C=N–C) groups is 2. The van der Waals surface area contributed by atoms with E-state index in [4.69, 9.17) is 9.98 Å². The molecule has 5 heterocycles. The topological polar surface area (TPSA) is 48.8 Å². The molecule has 0 saturated carbocycles. The molecule has 0 radical (unpaired) electrons. The molecule has 0 aromatic heterocycles. The fourth-order valence-electron chi connectivity index (χ4n) is 4.50. The minimum atomic E-state index is 0.467. The maximum absolute atomic E-state index is 5.01. The first kappa shape index (κ1) is 13.7. The molecule has 4 heteroatoms. The van der Waals surface area contributed by atoms with Crippen LogP contribution >= 0.6 is 0 Å². The second-order valence-electron chi connectivity index (χ2n) is 7.41. The van der Waals surface area contributed by atoms with E-state index in [0.717, 1.165) is 32.1 Å². The van der Waals surface area contributed by atoms with Crippen LogP contribution < -0.4 is 10.6 Å². The van der Waals surface area contributed by atoms with E-state index in [1.807, 2.05) is 0 Å². The molecule has 23 heavy (non-hydrogen) atoms. The Morgan fingerprint density at radius 3 is 2.65 bits per heavy atom. The van der Waals surface area contributed by atoms with E-state index in [2.05, 4.69) is 28.9 Å². The van der Waals surface area contributed by atoms with E-state index in [1.165, 1.54) is 47.8 Å². The van der Waals surface area contributed by atoms with Gasteiger partial charge in [-0.3, -0.25) is 9.98 Å². The highest BCUT2D eigenvalue weighted by atomic mass is 15.0. The van der Waals surface area contributed by atoms with Crippen LogP contribution in [-0.2, 0) is 0 Å². The van der Waals surface area contributed by atoms with Crippen molar-refractivity contribution in [3.63, 3.8) is 0 Å². The zero-order chi connectivity index (χ0) is 15.2. The molecule has 0 spiro atoms. The Labute approximate surface area is 137 Å². The summed E-state index contributed by atoms with van der Waals surface area (Å²) < 4.78 is 0. The van der Waals surface area contributed by atoms with Crippen LogP contribution in [0, 0.1) is 0 Å². The predicted octanol–water partition coefficient (Wildman–Crippen LogP) is 2.99. The quantitative estimate of drug-likeness (QED) is 0.723. The number of nitrogens with one attached hydrogen (secondary N) is 2. The van der Waals surface area contributed by atoms with Crippen LogP contribution in [0.4, 0.5) is 0 Å². The van der Waals surface area contributed by atoms with Gasteiger partial charge in [-0.1, -0.05) is 0 Å². The van der Waals surface area contributed by atoms with Crippen molar-refractivity contribution in [1.82, 2.24) is 10.6 Å². The standard InChI is InChI=1S/C19H24N4/c1-3-14-10-16-5-7-18(22-16)19-8-6-17(23-19)11-15-4-2-13(21-15)9-12(1)20-14/h9-11,16,18-19,21-22H,1-8H2/b13-9-,14-10-,15-11-. The van der Waals surface area contributed by atoms with Crippen LogP contribution in [0.2, 0.25) is 0 Å². The summed E-state index contributed by atoms with van der Waals surface area (Å²) >= 11 is 0. The number of hydrogen-bond donors (Lipinski definition) is 2. The van der Waals surface area contributed by atoms with Gasteiger partial charge in [0.2, 0.25) is 0 Å². The molecule has 2 fully saturated rings. The predicted molar refractivity (Wildman–Crippen MR) is 93.7 cm³/mol. The zero-order valence-electron chi connectivity index (χ0n) is 13.5. The van der Waals surface area contributed by atoms with Gasteiger partial charge in [0.1, 0.15) is 0 Å². The van der Waals surface area contributed by atoms with Gasteiger partial charge in [-0.25, -0.2) is 0 Å². The van der Waals surface area contributed by atoms with Crippen LogP contribution in [0.15, 0.2) is 45.3 Å². The Balaban J connectivity index is 1.51. The summed E-state index contributed by atoms with van der Waals surface area (Å²) in [5.74, 6) is 0. The highest BCUT2D eigenvalue weighted by molar-refractivity contribution is 5.98. The molecule has 3 unspecified atom stereocenters. The average molecular weight is 308 g/mol. The molecule has 0 aromatic rings. The molecule has 0 aromatic carbocycles. The molecule has 4 nitrogen and oxygen atoms in total. The van der Waals surface area contributed by atoms with Gasteiger partial charge in [-0.05, 0) is 69.6 Å². The van der Waals surface area contributed by atoms with E-state index in [9.17, 15) is 0 Å². The smallest absolute Gasteiger partial charge is 0.0659 e. The Hall–Kier alpha value is -1.68. The van der Waals surface area contributed by atoms with Crippen molar-refractivity contribution in [2.45, 2.75) is 69.5 Å². The molecule has 8 bridgehead atoms. The molecule has 120 valence electrons. The van der Waals surface area contributed by atoms with Gasteiger partial charge in [0.15, 0.2) is 0 Å². The number of nitrogens with zero attached hydrogens (tertiary/aromatic N) is 2. The average Bonchev–Trinajstić information content (AvgIpc) is 3.28. The van der Waals surface area contributed by atoms with E-state index >= 15 is 0 Å². The fraction of sp³-hybridized carbons (Fsp3) is 0.579. The van der Waals surface area contributed by atoms with Gasteiger partial charge in [0.25, 0.3) is 0 Å². The van der Waals surface area contributed by atoms with Crippen LogP contribution in [-0.4, -0.2) is 29.5 Å². The Morgan fingerprint density at radius 1 is 0.870 bits per heavy atom. The normalized spacial score (nSPS) is 42.3. The summed E-state index contributed by atoms with van der Waals surface area (Å²) in [6, 6.07) is 1.51. The van der Waals surface area contributed by atoms with Crippen molar-refractivity contribution in [1.29, 1.82) is 0 Å². The summed E-state index contributed by atoms with van der Waals surface area (Å²) in [6.45, 7) is 0. The largest absolute Gasteiger partial charge is 0.362 e. The Kier molecular flexibility index (Phi) is 3.25. The first-order valence-corrected chi connectivity index (χ1v) is 9.11. The van der Waals surface area contributed by atoms with Gasteiger partial charge < -0.3 is 10.6 Å². The second-order valence-corrected chi connectivity index (χ2v) is 7.41. The van der Waals surface area contributed by atoms with Gasteiger partial charge in [-0.15, -0.1) is 0 Å². The molecular formula is C19H24N4. The van der Waals surface area contributed by atoms with Crippen LogP contribution in [0.5, 0.6) is 0 Å². The summed E-state index contributed by atoms with van der Waals surface area (Å²) in [4.78, 5) is 9.87. The van der Waals surface area contributed by atoms with Crippen molar-refractivity contribution in [3.05, 3.63) is 35.3 Å². The van der Waals surface area contributed by atoms with Crippen molar-refractivity contribution in [3.8, 4) is 0 Å². The molecule has 5 aliphatic rings. The van der Waals surface area contributed by atoms with Gasteiger partial charge in [-0.2, -0.15) is 0 Å². The number of allylic oxidation sites excluding steroid dienone is 5. The van der Waals surface area contributed by atoms with Gasteiger partial charge >= 0.3 is 0 Å². The van der Waals surface area contributed by atoms with Crippen molar-refractivity contribution >= 4 is 11.4 Å². The molecule has 3 atom stereocenters. The molecule has 2 N–H and O–H groups in total. The van der Waals surface area contributed by atoms with Crippen molar-refractivity contribution in [2.24, 2.45) is 9.98 Å². The third-order valence-electron chi connectivity index (χ3n) is 5.69. The summed E-state index contributed by atoms with van der Waals surface area (Å²) in [7, 11) is 0. The first-order valence-electron chi connectivity index (χ1n) is 9.11. The lowest BCUT2D eigenvalue weighted by Gasteiger charge is -2.17. The lowest BCUT2D eigenvalue weighted by Crippen LogP contribution is -2.36. The third-order valence-corrected chi connectivity index (χ3v) is 5.69. The highest BCUT2D eigenvalue weighted by Crippen LogP contribution is 2.29. The highest BCUT2D eigenvalue weighted by Gasteiger charge is 2.32. The SMILES string of the molecule is C1=C2/CCC(=N2)/C=C2/CC/C(=C/C3=NC(CC3)C3CCC/1N3)N2. The zero-order valence-corrected chi connectivity index (χ0v) is 13.5. The van der Waals surface area contributed by atoms with Crippen LogP contribution in [0.3, 0.4) is 0 Å². The molecule has 2 saturated heterocycles. The molecular weight excluding hydrogens is 284 g/mol. The third kappa shape index (κ3) is 2.69. The van der Waals surface area contributed by atoms with E-state index in [1.54, 1.807) is 0 Å². The lowest BCUT2D eigenvalue weighted by atomic mass is 10.0. The van der Waals surface area contributed by atoms with Crippen molar-refractivity contribution in [2.75, 3.05) is 0 Å². The minimum absolute atomic E-state index is 0.467. The van der Waals surface area contributed by atoms with E-state index < -0.39 is 0 Å². The van der Waals surface area contributed by atoms with Gasteiger partial charge in [0, 0.05) is 40.6 Å². The summed E-state index contributed by atoms with van der Waals surface area (Å²) in [6.07, 6.45) is 16.1.